The largest absolute Gasteiger partial charge is 0.333 e. The Labute approximate surface area is 139 Å². The van der Waals surface area contributed by atoms with Crippen LogP contribution in [0.2, 0.25) is 5.02 Å². The molecule has 1 aromatic carbocycles. The number of carbonyl (C=O) groups excluding carboxylic acids is 1. The van der Waals surface area contributed by atoms with Crippen LogP contribution in [0, 0.1) is 0 Å². The molecule has 1 aliphatic rings. The summed E-state index contributed by atoms with van der Waals surface area (Å²) >= 11 is 8.05. The van der Waals surface area contributed by atoms with E-state index >= 15 is 0 Å². The van der Waals surface area contributed by atoms with E-state index in [0.29, 0.717) is 5.02 Å². The molecule has 1 atom stereocenters. The molecule has 2 aromatic rings. The van der Waals surface area contributed by atoms with E-state index in [0.717, 1.165) is 35.3 Å². The first-order valence-corrected chi connectivity index (χ1v) is 8.77. The van der Waals surface area contributed by atoms with Crippen LogP contribution in [0.3, 0.4) is 0 Å². The first-order valence-electron chi connectivity index (χ1n) is 7.52. The zero-order valence-corrected chi connectivity index (χ0v) is 14.1. The number of Topliss-reactive ketones (excluding diaryl/α,β-unsaturated/α-hetero) is 1. The van der Waals surface area contributed by atoms with Gasteiger partial charge in [0.25, 0.3) is 0 Å². The average molecular weight is 333 g/mol. The number of likely N-dealkylation sites (N-methyl/N-ethyl adjacent to an activating group) is 1. The zero-order valence-electron chi connectivity index (χ0n) is 12.5. The monoisotopic (exact) mass is 332 g/mol. The smallest absolute Gasteiger partial charge is 0.223 e. The molecule has 114 valence electrons. The molecular formula is C18H19ClNOS+. The number of thiophene rings is 1. The minimum atomic E-state index is -0.584. The highest BCUT2D eigenvalue weighted by Crippen LogP contribution is 2.37. The Bertz CT molecular complexity index is 708. The molecule has 0 bridgehead atoms. The second kappa shape index (κ2) is 6.37. The molecule has 0 radical (unpaired) electrons. The Morgan fingerprint density at radius 2 is 2.09 bits per heavy atom. The maximum Gasteiger partial charge on any atom is 0.223 e. The highest BCUT2D eigenvalue weighted by Gasteiger charge is 2.47. The molecule has 0 spiro atoms. The highest BCUT2D eigenvalue weighted by atomic mass is 35.5. The lowest BCUT2D eigenvalue weighted by Gasteiger charge is -2.34. The van der Waals surface area contributed by atoms with Gasteiger partial charge in [-0.05, 0) is 36.4 Å². The van der Waals surface area contributed by atoms with Gasteiger partial charge in [0.1, 0.15) is 0 Å². The van der Waals surface area contributed by atoms with Gasteiger partial charge in [0.15, 0.2) is 5.54 Å². The minimum absolute atomic E-state index is 0.197. The van der Waals surface area contributed by atoms with Gasteiger partial charge >= 0.3 is 0 Å². The van der Waals surface area contributed by atoms with E-state index in [1.54, 1.807) is 11.3 Å². The first kappa shape index (κ1) is 15.5. The summed E-state index contributed by atoms with van der Waals surface area (Å²) < 4.78 is 0. The van der Waals surface area contributed by atoms with Crippen LogP contribution in [0.15, 0.2) is 47.4 Å². The highest BCUT2D eigenvalue weighted by molar-refractivity contribution is 7.10. The van der Waals surface area contributed by atoms with Crippen molar-refractivity contribution in [3.63, 3.8) is 0 Å². The standard InChI is InChI=1S/C18H18ClNOS/c1-20-18(15-8-2-3-9-16(15)19)10-4-6-13(17(18)21)12-14-7-5-11-22-14/h2-3,5,7-9,11-12,20H,4,6,10H2,1H3/p+1/b13-12-/t18-/m1/s1. The molecule has 1 aliphatic carbocycles. The maximum absolute atomic E-state index is 13.2. The van der Waals surface area contributed by atoms with Crippen molar-refractivity contribution in [2.24, 2.45) is 0 Å². The number of rotatable bonds is 3. The molecule has 1 saturated carbocycles. The van der Waals surface area contributed by atoms with Crippen LogP contribution in [0.5, 0.6) is 0 Å². The van der Waals surface area contributed by atoms with Crippen molar-refractivity contribution < 1.29 is 10.1 Å². The zero-order chi connectivity index (χ0) is 15.6. The summed E-state index contributed by atoms with van der Waals surface area (Å²) in [7, 11) is 1.97. The van der Waals surface area contributed by atoms with Crippen molar-refractivity contribution in [1.82, 2.24) is 0 Å². The van der Waals surface area contributed by atoms with Crippen molar-refractivity contribution in [3.05, 3.63) is 62.8 Å². The van der Waals surface area contributed by atoms with Gasteiger partial charge in [-0.2, -0.15) is 0 Å². The summed E-state index contributed by atoms with van der Waals surface area (Å²) in [5.41, 5.74) is 1.26. The van der Waals surface area contributed by atoms with Crippen LogP contribution >= 0.6 is 22.9 Å². The lowest BCUT2D eigenvalue weighted by Crippen LogP contribution is -2.94. The van der Waals surface area contributed by atoms with Gasteiger partial charge in [0.05, 0.1) is 12.1 Å². The van der Waals surface area contributed by atoms with Crippen molar-refractivity contribution >= 4 is 34.8 Å². The molecule has 0 unspecified atom stereocenters. The predicted molar refractivity (Wildman–Crippen MR) is 92.1 cm³/mol. The molecule has 0 saturated heterocycles. The molecule has 0 amide bonds. The van der Waals surface area contributed by atoms with Gasteiger partial charge in [-0.25, -0.2) is 0 Å². The van der Waals surface area contributed by atoms with Crippen LogP contribution in [0.25, 0.3) is 6.08 Å². The third-order valence-electron chi connectivity index (χ3n) is 4.42. The normalized spacial score (nSPS) is 23.9. The third kappa shape index (κ3) is 2.65. The Hall–Kier alpha value is -1.42. The van der Waals surface area contributed by atoms with Gasteiger partial charge in [-0.1, -0.05) is 35.9 Å². The quantitative estimate of drug-likeness (QED) is 0.856. The van der Waals surface area contributed by atoms with Crippen molar-refractivity contribution in [2.45, 2.75) is 24.8 Å². The van der Waals surface area contributed by atoms with Gasteiger partial charge in [0.2, 0.25) is 5.78 Å². The van der Waals surface area contributed by atoms with E-state index in [4.69, 9.17) is 11.6 Å². The fourth-order valence-corrected chi connectivity index (χ4v) is 4.25. The van der Waals surface area contributed by atoms with Gasteiger partial charge in [-0.15, -0.1) is 11.3 Å². The van der Waals surface area contributed by atoms with Crippen molar-refractivity contribution in [2.75, 3.05) is 7.05 Å². The summed E-state index contributed by atoms with van der Waals surface area (Å²) in [5.74, 6) is 0.197. The number of nitrogens with two attached hydrogens (primary N) is 1. The molecule has 1 heterocycles. The number of halogens is 1. The predicted octanol–water partition coefficient (Wildman–Crippen LogP) is 3.63. The molecule has 2 nitrogen and oxygen atoms in total. The summed E-state index contributed by atoms with van der Waals surface area (Å²) in [6.07, 6.45) is 4.71. The number of carbonyl (C=O) groups is 1. The van der Waals surface area contributed by atoms with E-state index in [9.17, 15) is 4.79 Å². The summed E-state index contributed by atoms with van der Waals surface area (Å²) in [4.78, 5) is 14.3. The Kier molecular flexibility index (Phi) is 4.48. The van der Waals surface area contributed by atoms with E-state index < -0.39 is 5.54 Å². The maximum atomic E-state index is 13.2. The second-order valence-electron chi connectivity index (χ2n) is 5.61. The summed E-state index contributed by atoms with van der Waals surface area (Å²) in [6, 6.07) is 11.8. The molecule has 22 heavy (non-hydrogen) atoms. The lowest BCUT2D eigenvalue weighted by atomic mass is 9.73. The molecule has 3 rings (SSSR count). The number of benzene rings is 1. The average Bonchev–Trinajstić information content (AvgIpc) is 3.04. The first-order chi connectivity index (χ1) is 10.7. The Balaban J connectivity index is 2.05. The number of ketones is 1. The molecule has 4 heteroatoms. The van der Waals surface area contributed by atoms with E-state index in [2.05, 4.69) is 0 Å². The topological polar surface area (TPSA) is 33.7 Å². The molecule has 1 aromatic heterocycles. The fourth-order valence-electron chi connectivity index (χ4n) is 3.26. The Morgan fingerprint density at radius 3 is 2.77 bits per heavy atom. The fraction of sp³-hybridized carbons (Fsp3) is 0.278. The minimum Gasteiger partial charge on any atom is -0.333 e. The van der Waals surface area contributed by atoms with E-state index in [-0.39, 0.29) is 5.78 Å². The van der Waals surface area contributed by atoms with Gasteiger partial charge < -0.3 is 5.32 Å². The number of hydrogen-bond donors (Lipinski definition) is 1. The van der Waals surface area contributed by atoms with Gasteiger partial charge in [-0.3, -0.25) is 4.79 Å². The lowest BCUT2D eigenvalue weighted by molar-refractivity contribution is -0.698. The summed E-state index contributed by atoms with van der Waals surface area (Å²) in [5, 5.41) is 4.73. The van der Waals surface area contributed by atoms with Crippen LogP contribution in [-0.4, -0.2) is 12.8 Å². The SMILES string of the molecule is C[NH2+][C@@]1(c2ccccc2Cl)CCC/C(=C/c2cccs2)C1=O. The molecule has 1 fully saturated rings. The van der Waals surface area contributed by atoms with Crippen molar-refractivity contribution in [1.29, 1.82) is 0 Å². The third-order valence-corrected chi connectivity index (χ3v) is 5.57. The molecular weight excluding hydrogens is 314 g/mol. The molecule has 0 aliphatic heterocycles. The van der Waals surface area contributed by atoms with Crippen LogP contribution in [0.1, 0.15) is 29.7 Å². The number of quaternary nitrogens is 1. The second-order valence-corrected chi connectivity index (χ2v) is 6.99. The van der Waals surface area contributed by atoms with E-state index in [1.165, 1.54) is 0 Å². The van der Waals surface area contributed by atoms with Crippen LogP contribution < -0.4 is 5.32 Å². The van der Waals surface area contributed by atoms with Crippen molar-refractivity contribution in [3.8, 4) is 0 Å². The van der Waals surface area contributed by atoms with Gasteiger partial charge in [0, 0.05) is 22.4 Å². The number of hydrogen-bond acceptors (Lipinski definition) is 2. The Morgan fingerprint density at radius 1 is 1.27 bits per heavy atom. The van der Waals surface area contributed by atoms with Crippen LogP contribution in [-0.2, 0) is 10.3 Å². The molecule has 2 N–H and O–H groups in total. The summed E-state index contributed by atoms with van der Waals surface area (Å²) in [6.45, 7) is 0. The van der Waals surface area contributed by atoms with E-state index in [1.807, 2.05) is 60.2 Å². The van der Waals surface area contributed by atoms with Crippen LogP contribution in [0.4, 0.5) is 0 Å².